The molecule has 7 nitrogen and oxygen atoms in total. The van der Waals surface area contributed by atoms with Gasteiger partial charge in [0.2, 0.25) is 5.67 Å². The van der Waals surface area contributed by atoms with E-state index in [0.29, 0.717) is 22.6 Å². The van der Waals surface area contributed by atoms with Crippen LogP contribution in [0.5, 0.6) is 5.75 Å². The Morgan fingerprint density at radius 3 is 2.24 bits per heavy atom. The second kappa shape index (κ2) is 12.0. The number of amides is 1. The van der Waals surface area contributed by atoms with E-state index in [1.165, 1.54) is 19.2 Å². The first-order chi connectivity index (χ1) is 19.8. The predicted molar refractivity (Wildman–Crippen MR) is 144 cm³/mol. The molecule has 3 aromatic rings. The zero-order valence-electron chi connectivity index (χ0n) is 22.7. The van der Waals surface area contributed by atoms with Crippen LogP contribution in [0.25, 0.3) is 0 Å². The third kappa shape index (κ3) is 5.92. The molecule has 4 rings (SSSR count). The number of hydrogen-bond acceptors (Lipinski definition) is 6. The highest BCUT2D eigenvalue weighted by atomic mass is 35.5. The maximum atomic E-state index is 16.9. The van der Waals surface area contributed by atoms with E-state index in [0.717, 1.165) is 12.1 Å². The number of methoxy groups -OCH3 is 1. The Bertz CT molecular complexity index is 1500. The molecule has 0 radical (unpaired) electrons. The predicted octanol–water partition coefficient (Wildman–Crippen LogP) is 6.44. The summed E-state index contributed by atoms with van der Waals surface area (Å²) in [6.07, 6.45) is -4.82. The highest BCUT2D eigenvalue weighted by Gasteiger charge is 2.55. The van der Waals surface area contributed by atoms with Crippen molar-refractivity contribution in [3.63, 3.8) is 0 Å². The summed E-state index contributed by atoms with van der Waals surface area (Å²) in [4.78, 5) is 40.0. The highest BCUT2D eigenvalue weighted by Crippen LogP contribution is 2.51. The van der Waals surface area contributed by atoms with Gasteiger partial charge in [-0.25, -0.2) is 4.39 Å². The van der Waals surface area contributed by atoms with Gasteiger partial charge in [-0.05, 0) is 41.8 Å². The fourth-order valence-electron chi connectivity index (χ4n) is 4.65. The lowest BCUT2D eigenvalue weighted by Gasteiger charge is -2.24. The topological polar surface area (TPSA) is 82.1 Å². The Morgan fingerprint density at radius 1 is 0.952 bits per heavy atom. The molecule has 0 aromatic heterocycles. The second-order valence-electron chi connectivity index (χ2n) is 9.87. The number of alkyl halides is 4. The number of anilines is 1. The van der Waals surface area contributed by atoms with Gasteiger partial charge in [-0.2, -0.15) is 13.2 Å². The lowest BCUT2D eigenvalue weighted by Crippen LogP contribution is -2.41. The van der Waals surface area contributed by atoms with E-state index in [-0.39, 0.29) is 22.9 Å². The van der Waals surface area contributed by atoms with Gasteiger partial charge in [-0.3, -0.25) is 19.3 Å². The van der Waals surface area contributed by atoms with Crippen molar-refractivity contribution >= 4 is 35.1 Å². The number of rotatable bonds is 9. The van der Waals surface area contributed by atoms with Crippen molar-refractivity contribution in [2.75, 3.05) is 18.7 Å². The third-order valence-corrected chi connectivity index (χ3v) is 7.03. The zero-order chi connectivity index (χ0) is 30.8. The first kappa shape index (κ1) is 30.8. The number of ether oxygens (including phenoxy) is 3. The maximum absolute atomic E-state index is 16.9. The molecule has 0 N–H and O–H groups in total. The SMILES string of the molecule is COc1ccc(Cl)cc1[C@]1(F)C(=O)N(COC(=O)[C@H](C(=O)OCc2ccccc2)C(C)C)c2cc(C(F)(F)F)ccc21. The van der Waals surface area contributed by atoms with Crippen molar-refractivity contribution in [3.05, 3.63) is 94.0 Å². The van der Waals surface area contributed by atoms with Gasteiger partial charge in [-0.15, -0.1) is 0 Å². The Kier molecular flexibility index (Phi) is 8.81. The van der Waals surface area contributed by atoms with Gasteiger partial charge in [0.25, 0.3) is 5.91 Å². The maximum Gasteiger partial charge on any atom is 0.416 e. The van der Waals surface area contributed by atoms with Crippen molar-refractivity contribution in [2.45, 2.75) is 32.3 Å². The van der Waals surface area contributed by atoms with Gasteiger partial charge in [0.05, 0.1) is 18.4 Å². The fraction of sp³-hybridized carbons (Fsp3) is 0.300. The number of carbonyl (C=O) groups excluding carboxylic acids is 3. The standard InChI is InChI=1S/C30H26ClF4NO6/c1-17(2)25(26(37)41-15-18-7-5-4-6-8-18)27(38)42-16-36-23-13-19(30(33,34)35)9-11-21(23)29(32,28(36)39)22-14-20(31)10-12-24(22)40-3/h4-14,17,25H,15-16H2,1-3H3/t25-,29-/m0/s1. The normalized spacial score (nSPS) is 17.2. The van der Waals surface area contributed by atoms with Crippen LogP contribution in [0, 0.1) is 11.8 Å². The average Bonchev–Trinajstić information content (AvgIpc) is 3.16. The van der Waals surface area contributed by atoms with Crippen molar-refractivity contribution < 1.29 is 46.2 Å². The van der Waals surface area contributed by atoms with E-state index in [4.69, 9.17) is 25.8 Å². The van der Waals surface area contributed by atoms with Crippen molar-refractivity contribution in [1.29, 1.82) is 0 Å². The summed E-state index contributed by atoms with van der Waals surface area (Å²) in [5, 5.41) is 0.0442. The quantitative estimate of drug-likeness (QED) is 0.158. The zero-order valence-corrected chi connectivity index (χ0v) is 23.5. The van der Waals surface area contributed by atoms with Gasteiger partial charge >= 0.3 is 18.1 Å². The van der Waals surface area contributed by atoms with E-state index in [2.05, 4.69) is 0 Å². The molecule has 3 aromatic carbocycles. The summed E-state index contributed by atoms with van der Waals surface area (Å²) < 4.78 is 73.4. The van der Waals surface area contributed by atoms with Crippen LogP contribution >= 0.6 is 11.6 Å². The minimum atomic E-state index is -4.82. The Hall–Kier alpha value is -4.12. The smallest absolute Gasteiger partial charge is 0.416 e. The summed E-state index contributed by atoms with van der Waals surface area (Å²) in [6, 6.07) is 14.6. The molecule has 2 atom stereocenters. The lowest BCUT2D eigenvalue weighted by atomic mass is 9.88. The average molecular weight is 608 g/mol. The van der Waals surface area contributed by atoms with Crippen LogP contribution in [0.2, 0.25) is 5.02 Å². The van der Waals surface area contributed by atoms with Crippen LogP contribution in [0.4, 0.5) is 23.2 Å². The van der Waals surface area contributed by atoms with Crippen LogP contribution in [0.3, 0.4) is 0 Å². The van der Waals surface area contributed by atoms with Gasteiger partial charge in [0, 0.05) is 16.1 Å². The molecule has 0 saturated carbocycles. The Morgan fingerprint density at radius 2 is 1.62 bits per heavy atom. The number of benzene rings is 3. The lowest BCUT2D eigenvalue weighted by molar-refractivity contribution is -0.165. The molecule has 0 saturated heterocycles. The second-order valence-corrected chi connectivity index (χ2v) is 10.3. The van der Waals surface area contributed by atoms with Crippen LogP contribution < -0.4 is 9.64 Å². The minimum absolute atomic E-state index is 0.0442. The van der Waals surface area contributed by atoms with Crippen molar-refractivity contribution in [2.24, 2.45) is 11.8 Å². The summed E-state index contributed by atoms with van der Waals surface area (Å²) in [6.45, 7) is 2.05. The van der Waals surface area contributed by atoms with Crippen LogP contribution in [0.15, 0.2) is 66.7 Å². The molecule has 1 aliphatic heterocycles. The van der Waals surface area contributed by atoms with Crippen LogP contribution in [0.1, 0.15) is 36.1 Å². The van der Waals surface area contributed by atoms with Gasteiger partial charge in [-0.1, -0.05) is 61.8 Å². The Balaban J connectivity index is 1.65. The molecule has 1 heterocycles. The highest BCUT2D eigenvalue weighted by molar-refractivity contribution is 6.30. The van der Waals surface area contributed by atoms with Gasteiger partial charge < -0.3 is 14.2 Å². The first-order valence-corrected chi connectivity index (χ1v) is 13.1. The largest absolute Gasteiger partial charge is 0.496 e. The molecule has 12 heteroatoms. The molecular formula is C30H26ClF4NO6. The van der Waals surface area contributed by atoms with Gasteiger partial charge in [0.1, 0.15) is 12.4 Å². The third-order valence-electron chi connectivity index (χ3n) is 6.79. The van der Waals surface area contributed by atoms with Gasteiger partial charge in [0.15, 0.2) is 12.6 Å². The summed E-state index contributed by atoms with van der Waals surface area (Å²) in [7, 11) is 1.23. The van der Waals surface area contributed by atoms with E-state index < -0.39 is 65.1 Å². The molecule has 222 valence electrons. The van der Waals surface area contributed by atoms with Crippen molar-refractivity contribution in [3.8, 4) is 5.75 Å². The van der Waals surface area contributed by atoms with E-state index in [9.17, 15) is 27.6 Å². The molecule has 0 bridgehead atoms. The number of halogens is 5. The fourth-order valence-corrected chi connectivity index (χ4v) is 4.82. The van der Waals surface area contributed by atoms with E-state index >= 15 is 4.39 Å². The summed E-state index contributed by atoms with van der Waals surface area (Å²) in [5.41, 5.74) is -4.76. The molecule has 1 amide bonds. The van der Waals surface area contributed by atoms with Crippen LogP contribution in [-0.4, -0.2) is 31.7 Å². The molecule has 0 fully saturated rings. The first-order valence-electron chi connectivity index (χ1n) is 12.7. The number of nitrogens with zero attached hydrogens (tertiary/aromatic N) is 1. The number of carbonyl (C=O) groups is 3. The number of esters is 2. The van der Waals surface area contributed by atoms with Crippen LogP contribution in [-0.2, 0) is 42.3 Å². The molecule has 1 aliphatic rings. The van der Waals surface area contributed by atoms with Crippen molar-refractivity contribution in [1.82, 2.24) is 0 Å². The molecule has 0 aliphatic carbocycles. The molecular weight excluding hydrogens is 582 g/mol. The molecule has 42 heavy (non-hydrogen) atoms. The summed E-state index contributed by atoms with van der Waals surface area (Å²) in [5.74, 6) is -5.43. The summed E-state index contributed by atoms with van der Waals surface area (Å²) >= 11 is 6.06. The monoisotopic (exact) mass is 607 g/mol. The minimum Gasteiger partial charge on any atom is -0.496 e. The van der Waals surface area contributed by atoms with E-state index in [1.807, 2.05) is 0 Å². The Labute approximate surface area is 243 Å². The molecule has 0 spiro atoms. The van der Waals surface area contributed by atoms with E-state index in [1.54, 1.807) is 44.2 Å². The molecule has 0 unspecified atom stereocenters. The number of hydrogen-bond donors (Lipinski definition) is 0. The number of fused-ring (bicyclic) bond motifs is 1.